The first-order valence-corrected chi connectivity index (χ1v) is 9.50. The van der Waals surface area contributed by atoms with Crippen molar-refractivity contribution >= 4 is 66.8 Å². The lowest BCUT2D eigenvalue weighted by molar-refractivity contribution is 1.00. The Hall–Kier alpha value is 0.620. The van der Waals surface area contributed by atoms with Gasteiger partial charge in [-0.1, -0.05) is 27.5 Å². The summed E-state index contributed by atoms with van der Waals surface area (Å²) in [5, 5.41) is 6.34. The lowest BCUT2D eigenvalue weighted by Crippen LogP contribution is -1.84. The summed E-state index contributed by atoms with van der Waals surface area (Å²) in [6.45, 7) is 4.00. The highest BCUT2D eigenvalue weighted by atomic mass is 127. The van der Waals surface area contributed by atoms with Crippen molar-refractivity contribution in [1.29, 1.82) is 0 Å². The molecule has 2 aromatic rings. The van der Waals surface area contributed by atoms with E-state index in [2.05, 4.69) is 49.1 Å². The molecule has 0 aliphatic rings. The van der Waals surface area contributed by atoms with Gasteiger partial charge in [0.15, 0.2) is 0 Å². The van der Waals surface area contributed by atoms with Gasteiger partial charge in [0.05, 0.1) is 22.6 Å². The van der Waals surface area contributed by atoms with Crippen molar-refractivity contribution in [3.8, 4) is 0 Å². The Kier molecular flexibility index (Phi) is 3.61. The zero-order chi connectivity index (χ0) is 11.2. The van der Waals surface area contributed by atoms with Crippen LogP contribution in [-0.4, -0.2) is 9.55 Å². The Bertz CT molecular complexity index is 541. The van der Waals surface area contributed by atoms with E-state index in [1.165, 1.54) is 0 Å². The molecule has 0 bridgehead atoms. The minimum atomic E-state index is 0.590. The smallest absolute Gasteiger partial charge is 0.0758 e. The maximum atomic E-state index is 6.32. The SMILES string of the molecule is Cc1c(Br)cc2c(c(C)nn2PI)c1Cl. The number of benzene rings is 1. The zero-order valence-corrected chi connectivity index (χ0v) is 13.6. The van der Waals surface area contributed by atoms with Gasteiger partial charge >= 0.3 is 0 Å². The topological polar surface area (TPSA) is 17.8 Å². The molecule has 2 nitrogen and oxygen atoms in total. The summed E-state index contributed by atoms with van der Waals surface area (Å²) in [6.07, 6.45) is 0.590. The third-order valence-electron chi connectivity index (χ3n) is 2.35. The molecule has 1 atom stereocenters. The zero-order valence-electron chi connectivity index (χ0n) is 8.11. The molecule has 0 amide bonds. The third kappa shape index (κ3) is 1.94. The number of halogens is 3. The monoisotopic (exact) mass is 416 g/mol. The fraction of sp³-hybridized carbons (Fsp3) is 0.222. The second-order valence-electron chi connectivity index (χ2n) is 3.27. The molecule has 6 heteroatoms. The Morgan fingerprint density at radius 2 is 2.20 bits per heavy atom. The summed E-state index contributed by atoms with van der Waals surface area (Å²) in [4.78, 5) is 0. The predicted molar refractivity (Wildman–Crippen MR) is 79.6 cm³/mol. The van der Waals surface area contributed by atoms with E-state index in [-0.39, 0.29) is 0 Å². The number of aryl methyl sites for hydroxylation is 1. The molecule has 0 fully saturated rings. The Morgan fingerprint density at radius 3 is 2.80 bits per heavy atom. The van der Waals surface area contributed by atoms with E-state index in [9.17, 15) is 0 Å². The minimum Gasteiger partial charge on any atom is -0.237 e. The second-order valence-corrected chi connectivity index (χ2v) is 6.55. The van der Waals surface area contributed by atoms with Crippen LogP contribution >= 0.6 is 55.9 Å². The summed E-state index contributed by atoms with van der Waals surface area (Å²) < 4.78 is 3.03. The van der Waals surface area contributed by atoms with Gasteiger partial charge in [-0.15, -0.1) is 0 Å². The fourth-order valence-electron chi connectivity index (χ4n) is 1.53. The maximum absolute atomic E-state index is 6.32. The van der Waals surface area contributed by atoms with E-state index in [1.54, 1.807) is 0 Å². The van der Waals surface area contributed by atoms with Gasteiger partial charge in [0, 0.05) is 9.86 Å². The summed E-state index contributed by atoms with van der Waals surface area (Å²) >= 11 is 12.2. The molecule has 0 saturated heterocycles. The van der Waals surface area contributed by atoms with E-state index in [0.29, 0.717) is 6.37 Å². The van der Waals surface area contributed by atoms with Crippen LogP contribution in [0, 0.1) is 13.8 Å². The van der Waals surface area contributed by atoms with E-state index < -0.39 is 0 Å². The molecule has 0 aliphatic carbocycles. The van der Waals surface area contributed by atoms with Gasteiger partial charge in [-0.25, -0.2) is 4.45 Å². The second kappa shape index (κ2) is 4.47. The van der Waals surface area contributed by atoms with Crippen LogP contribution < -0.4 is 0 Å². The van der Waals surface area contributed by atoms with Gasteiger partial charge in [0.25, 0.3) is 0 Å². The molecule has 2 rings (SSSR count). The van der Waals surface area contributed by atoms with E-state index in [0.717, 1.165) is 31.7 Å². The average molecular weight is 417 g/mol. The van der Waals surface area contributed by atoms with E-state index >= 15 is 0 Å². The fourth-order valence-corrected chi connectivity index (χ4v) is 3.96. The van der Waals surface area contributed by atoms with Crippen molar-refractivity contribution in [3.63, 3.8) is 0 Å². The van der Waals surface area contributed by atoms with Crippen LogP contribution in [0.2, 0.25) is 5.02 Å². The predicted octanol–water partition coefficient (Wildman–Crippen LogP) is 4.86. The van der Waals surface area contributed by atoms with Crippen molar-refractivity contribution in [2.75, 3.05) is 0 Å². The standard InChI is InChI=1S/C9H8BrClIN2P/c1-4-6(10)3-7-8(9(4)11)5(2)13-14(7)15-12/h3,15H,1-2H3. The van der Waals surface area contributed by atoms with Crippen molar-refractivity contribution in [2.45, 2.75) is 13.8 Å². The van der Waals surface area contributed by atoms with E-state index in [1.807, 2.05) is 18.3 Å². The van der Waals surface area contributed by atoms with Gasteiger partial charge in [-0.3, -0.25) is 0 Å². The Balaban J connectivity index is 2.94. The normalized spacial score (nSPS) is 12.1. The third-order valence-corrected chi connectivity index (χ3v) is 5.51. The number of fused-ring (bicyclic) bond motifs is 1. The largest absolute Gasteiger partial charge is 0.237 e. The summed E-state index contributed by atoms with van der Waals surface area (Å²) in [5.41, 5.74) is 3.17. The summed E-state index contributed by atoms with van der Waals surface area (Å²) in [6, 6.07) is 2.09. The molecule has 0 spiro atoms. The molecule has 0 N–H and O–H groups in total. The molecular formula is C9H8BrClIN2P. The van der Waals surface area contributed by atoms with Crippen LogP contribution in [0.5, 0.6) is 0 Å². The molecule has 1 unspecified atom stereocenters. The molecular weight excluding hydrogens is 409 g/mol. The van der Waals surface area contributed by atoms with Gasteiger partial charge in [0.1, 0.15) is 0 Å². The number of rotatable bonds is 1. The highest BCUT2D eigenvalue weighted by Crippen LogP contribution is 2.38. The van der Waals surface area contributed by atoms with Gasteiger partial charge in [0.2, 0.25) is 0 Å². The van der Waals surface area contributed by atoms with Crippen molar-refractivity contribution < 1.29 is 0 Å². The van der Waals surface area contributed by atoms with Crippen LogP contribution in [0.1, 0.15) is 11.3 Å². The molecule has 15 heavy (non-hydrogen) atoms. The molecule has 80 valence electrons. The molecule has 1 heterocycles. The van der Waals surface area contributed by atoms with Crippen LogP contribution in [-0.2, 0) is 0 Å². The van der Waals surface area contributed by atoms with E-state index in [4.69, 9.17) is 11.6 Å². The highest BCUT2D eigenvalue weighted by Gasteiger charge is 2.14. The van der Waals surface area contributed by atoms with Crippen LogP contribution in [0.15, 0.2) is 10.5 Å². The lowest BCUT2D eigenvalue weighted by atomic mass is 10.1. The lowest BCUT2D eigenvalue weighted by Gasteiger charge is -2.04. The maximum Gasteiger partial charge on any atom is 0.0758 e. The van der Waals surface area contributed by atoms with Crippen LogP contribution in [0.3, 0.4) is 0 Å². The molecule has 1 aromatic carbocycles. The van der Waals surface area contributed by atoms with Gasteiger partial charge in [-0.05, 0) is 47.5 Å². The Labute approximate surface area is 116 Å². The van der Waals surface area contributed by atoms with Gasteiger partial charge < -0.3 is 0 Å². The first kappa shape index (κ1) is 12.1. The number of nitrogens with zero attached hydrogens (tertiary/aromatic N) is 2. The number of hydrogen-bond acceptors (Lipinski definition) is 1. The average Bonchev–Trinajstić information content (AvgIpc) is 2.51. The van der Waals surface area contributed by atoms with Gasteiger partial charge in [-0.2, -0.15) is 5.10 Å². The molecule has 1 aromatic heterocycles. The Morgan fingerprint density at radius 1 is 1.53 bits per heavy atom. The van der Waals surface area contributed by atoms with Crippen LogP contribution in [0.25, 0.3) is 10.9 Å². The quantitative estimate of drug-likeness (QED) is 0.479. The number of hydrogen-bond donors (Lipinski definition) is 0. The summed E-state index contributed by atoms with van der Waals surface area (Å²) in [5.74, 6) is 0. The summed E-state index contributed by atoms with van der Waals surface area (Å²) in [7, 11) is 0. The molecule has 0 radical (unpaired) electrons. The van der Waals surface area contributed by atoms with Crippen molar-refractivity contribution in [1.82, 2.24) is 9.55 Å². The molecule has 0 saturated carbocycles. The minimum absolute atomic E-state index is 0.590. The molecule has 0 aliphatic heterocycles. The van der Waals surface area contributed by atoms with Crippen molar-refractivity contribution in [3.05, 3.63) is 26.8 Å². The van der Waals surface area contributed by atoms with Crippen LogP contribution in [0.4, 0.5) is 0 Å². The van der Waals surface area contributed by atoms with Crippen molar-refractivity contribution in [2.24, 2.45) is 0 Å². The first-order chi connectivity index (χ1) is 7.06. The first-order valence-electron chi connectivity index (χ1n) is 4.27. The number of aromatic nitrogens is 2. The highest BCUT2D eigenvalue weighted by molar-refractivity contribution is 14.2.